The van der Waals surface area contributed by atoms with Crippen LogP contribution >= 0.6 is 23.7 Å². The molecule has 1 saturated heterocycles. The number of carbonyl (C=O) groups is 2. The van der Waals surface area contributed by atoms with Crippen LogP contribution in [0.3, 0.4) is 0 Å². The lowest BCUT2D eigenvalue weighted by Crippen LogP contribution is -2.46. The number of aryl methyl sites for hydroxylation is 2. The number of hydrogen-bond acceptors (Lipinski definition) is 5. The number of halogens is 1. The second-order valence-corrected chi connectivity index (χ2v) is 7.76. The summed E-state index contributed by atoms with van der Waals surface area (Å²) < 4.78 is 1.78. The molecule has 0 bridgehead atoms. The van der Waals surface area contributed by atoms with Crippen molar-refractivity contribution in [2.45, 2.75) is 26.3 Å². The van der Waals surface area contributed by atoms with Gasteiger partial charge in [-0.1, -0.05) is 0 Å². The fraction of sp³-hybridized carbons (Fsp3) is 0.588. The molecule has 0 saturated carbocycles. The molecule has 7 nitrogen and oxygen atoms in total. The van der Waals surface area contributed by atoms with Crippen LogP contribution in [0.25, 0.3) is 10.2 Å². The van der Waals surface area contributed by atoms with E-state index in [-0.39, 0.29) is 24.2 Å². The highest BCUT2D eigenvalue weighted by atomic mass is 35.5. The maximum Gasteiger partial charge on any atom is 0.262 e. The number of rotatable bonds is 5. The van der Waals surface area contributed by atoms with Gasteiger partial charge in [-0.15, -0.1) is 23.7 Å². The van der Waals surface area contributed by atoms with Gasteiger partial charge in [-0.25, -0.2) is 0 Å². The van der Waals surface area contributed by atoms with E-state index in [0.29, 0.717) is 10.8 Å². The topological polar surface area (TPSA) is 79.3 Å². The first-order valence-corrected chi connectivity index (χ1v) is 9.39. The van der Waals surface area contributed by atoms with Crippen LogP contribution < -0.4 is 10.6 Å². The van der Waals surface area contributed by atoms with Gasteiger partial charge in [0.1, 0.15) is 10.9 Å². The lowest BCUT2D eigenvalue weighted by molar-refractivity contribution is -0.131. The Bertz CT molecular complexity index is 768. The van der Waals surface area contributed by atoms with Gasteiger partial charge >= 0.3 is 0 Å². The third-order valence-electron chi connectivity index (χ3n) is 4.73. The van der Waals surface area contributed by atoms with Crippen LogP contribution in [0.4, 0.5) is 0 Å². The fourth-order valence-electron chi connectivity index (χ4n) is 3.41. The van der Waals surface area contributed by atoms with Gasteiger partial charge in [0.15, 0.2) is 0 Å². The molecule has 2 aromatic rings. The maximum absolute atomic E-state index is 12.6. The second kappa shape index (κ2) is 8.37. The molecule has 2 aromatic heterocycles. The molecule has 1 aliphatic heterocycles. The smallest absolute Gasteiger partial charge is 0.262 e. The lowest BCUT2D eigenvalue weighted by Gasteiger charge is -2.21. The molecule has 1 fully saturated rings. The zero-order chi connectivity index (χ0) is 18.1. The van der Waals surface area contributed by atoms with Crippen molar-refractivity contribution >= 4 is 45.8 Å². The van der Waals surface area contributed by atoms with E-state index in [1.165, 1.54) is 11.3 Å². The molecule has 0 radical (unpaired) electrons. The molecule has 3 heterocycles. The zero-order valence-electron chi connectivity index (χ0n) is 15.5. The van der Waals surface area contributed by atoms with Crippen LogP contribution in [0.5, 0.6) is 0 Å². The Labute approximate surface area is 163 Å². The molecule has 26 heavy (non-hydrogen) atoms. The van der Waals surface area contributed by atoms with Crippen molar-refractivity contribution < 1.29 is 9.59 Å². The van der Waals surface area contributed by atoms with E-state index >= 15 is 0 Å². The van der Waals surface area contributed by atoms with Crippen molar-refractivity contribution in [3.05, 3.63) is 16.6 Å². The average Bonchev–Trinajstić information content (AvgIpc) is 3.26. The Kier molecular flexibility index (Phi) is 6.65. The Morgan fingerprint density at radius 1 is 1.46 bits per heavy atom. The molecular weight excluding hydrogens is 374 g/mol. The first-order valence-electron chi connectivity index (χ1n) is 8.58. The Hall–Kier alpha value is -1.64. The van der Waals surface area contributed by atoms with Crippen LogP contribution in [0.2, 0.25) is 0 Å². The summed E-state index contributed by atoms with van der Waals surface area (Å²) in [5.41, 5.74) is 0.907. The predicted molar refractivity (Wildman–Crippen MR) is 106 cm³/mol. The highest BCUT2D eigenvalue weighted by molar-refractivity contribution is 7.20. The van der Waals surface area contributed by atoms with Crippen LogP contribution in [-0.4, -0.2) is 59.2 Å². The van der Waals surface area contributed by atoms with Gasteiger partial charge in [-0.3, -0.25) is 14.3 Å². The molecule has 2 amide bonds. The number of fused-ring (bicyclic) bond motifs is 1. The second-order valence-electron chi connectivity index (χ2n) is 6.73. The molecule has 0 spiro atoms. The van der Waals surface area contributed by atoms with Crippen molar-refractivity contribution in [3.8, 4) is 0 Å². The van der Waals surface area contributed by atoms with Crippen molar-refractivity contribution in [3.63, 3.8) is 0 Å². The van der Waals surface area contributed by atoms with E-state index in [9.17, 15) is 9.59 Å². The van der Waals surface area contributed by atoms with E-state index in [1.807, 2.05) is 32.0 Å². The summed E-state index contributed by atoms with van der Waals surface area (Å²) in [6.07, 6.45) is 1.01. The van der Waals surface area contributed by atoms with E-state index in [0.717, 1.165) is 42.0 Å². The average molecular weight is 400 g/mol. The Morgan fingerprint density at radius 3 is 2.85 bits per heavy atom. The molecule has 2 atom stereocenters. The van der Waals surface area contributed by atoms with Gasteiger partial charge in [0.2, 0.25) is 5.91 Å². The predicted octanol–water partition coefficient (Wildman–Crippen LogP) is 1.55. The van der Waals surface area contributed by atoms with Gasteiger partial charge in [-0.05, 0) is 45.8 Å². The number of carbonyl (C=O) groups excluding carboxylic acids is 2. The van der Waals surface area contributed by atoms with Gasteiger partial charge in [0, 0.05) is 25.5 Å². The molecule has 144 valence electrons. The number of amides is 2. The molecule has 2 N–H and O–H groups in total. The quantitative estimate of drug-likeness (QED) is 0.799. The number of nitrogens with one attached hydrogen (secondary N) is 2. The van der Waals surface area contributed by atoms with E-state index in [1.54, 1.807) is 11.6 Å². The number of nitrogens with zero attached hydrogens (tertiary/aromatic N) is 3. The van der Waals surface area contributed by atoms with E-state index in [4.69, 9.17) is 0 Å². The van der Waals surface area contributed by atoms with Crippen LogP contribution in [0, 0.1) is 12.8 Å². The number of aromatic nitrogens is 2. The van der Waals surface area contributed by atoms with Crippen molar-refractivity contribution in [1.29, 1.82) is 0 Å². The van der Waals surface area contributed by atoms with Crippen molar-refractivity contribution in [2.24, 2.45) is 13.0 Å². The summed E-state index contributed by atoms with van der Waals surface area (Å²) in [7, 11) is 3.80. The Balaban J connectivity index is 0.00000243. The van der Waals surface area contributed by atoms with Gasteiger partial charge in [0.25, 0.3) is 5.91 Å². The standard InChI is InChI=1S/C17H25N5O2S.ClH/c1-10-13-7-14(25-17(13)21(4)20-10)15(23)19-11(2)16(24)22-6-5-12(9-22)8-18-3;/h7,11-12,18H,5-6,8-9H2,1-4H3,(H,19,23);1H. The molecule has 3 rings (SSSR count). The summed E-state index contributed by atoms with van der Waals surface area (Å²) in [5, 5.41) is 11.3. The minimum Gasteiger partial charge on any atom is -0.341 e. The molecule has 2 unspecified atom stereocenters. The van der Waals surface area contributed by atoms with Crippen molar-refractivity contribution in [1.82, 2.24) is 25.3 Å². The largest absolute Gasteiger partial charge is 0.341 e. The summed E-state index contributed by atoms with van der Waals surface area (Å²) in [6.45, 7) is 6.12. The minimum absolute atomic E-state index is 0. The maximum atomic E-state index is 12.6. The summed E-state index contributed by atoms with van der Waals surface area (Å²) in [6, 6.07) is 1.33. The molecule has 0 aliphatic carbocycles. The monoisotopic (exact) mass is 399 g/mol. The normalized spacial score (nSPS) is 18.0. The number of likely N-dealkylation sites (tertiary alicyclic amines) is 1. The van der Waals surface area contributed by atoms with Gasteiger partial charge < -0.3 is 15.5 Å². The summed E-state index contributed by atoms with van der Waals surface area (Å²) >= 11 is 1.40. The third kappa shape index (κ3) is 4.02. The number of thiophene rings is 1. The van der Waals surface area contributed by atoms with Gasteiger partial charge in [0.05, 0.1) is 10.6 Å². The van der Waals surface area contributed by atoms with Crippen molar-refractivity contribution in [2.75, 3.05) is 26.7 Å². The van der Waals surface area contributed by atoms with Crippen LogP contribution in [0.15, 0.2) is 6.07 Å². The fourth-order valence-corrected chi connectivity index (χ4v) is 4.43. The first kappa shape index (κ1) is 20.7. The highest BCUT2D eigenvalue weighted by Gasteiger charge is 2.29. The van der Waals surface area contributed by atoms with Gasteiger partial charge in [-0.2, -0.15) is 5.10 Å². The highest BCUT2D eigenvalue weighted by Crippen LogP contribution is 2.27. The lowest BCUT2D eigenvalue weighted by atomic mass is 10.1. The third-order valence-corrected chi connectivity index (χ3v) is 5.93. The van der Waals surface area contributed by atoms with E-state index in [2.05, 4.69) is 15.7 Å². The van der Waals surface area contributed by atoms with Crippen LogP contribution in [0.1, 0.15) is 28.7 Å². The molecule has 9 heteroatoms. The zero-order valence-corrected chi connectivity index (χ0v) is 17.2. The summed E-state index contributed by atoms with van der Waals surface area (Å²) in [5.74, 6) is 0.285. The minimum atomic E-state index is -0.523. The molecular formula is C17H26ClN5O2S. The SMILES string of the molecule is CNCC1CCN(C(=O)C(C)NC(=O)c2cc3c(C)nn(C)c3s2)C1.Cl. The molecule has 1 aliphatic rings. The van der Waals surface area contributed by atoms with E-state index < -0.39 is 6.04 Å². The van der Waals surface area contributed by atoms with Crippen LogP contribution in [-0.2, 0) is 11.8 Å². The summed E-state index contributed by atoms with van der Waals surface area (Å²) in [4.78, 5) is 28.5. The Morgan fingerprint density at radius 2 is 2.19 bits per heavy atom. The first-order chi connectivity index (χ1) is 11.9. The number of hydrogen-bond donors (Lipinski definition) is 2. The molecule has 0 aromatic carbocycles.